The molecule has 0 atom stereocenters. The van der Waals surface area contributed by atoms with Gasteiger partial charge in [0.1, 0.15) is 10.6 Å². The van der Waals surface area contributed by atoms with Crippen molar-refractivity contribution >= 4 is 16.2 Å². The van der Waals surface area contributed by atoms with Gasteiger partial charge in [0, 0.05) is 6.20 Å². The fourth-order valence-corrected chi connectivity index (χ4v) is 4.44. The number of hydrogen-bond acceptors (Lipinski definition) is 5. The SMILES string of the molecule is Cc1cc(C)c(S(=O)(=O)Oc2ccc3c(c2)CN(N)C=C3)c(C)c1. The Bertz CT molecular complexity index is 910. The molecular formula is C18H20N2O3S. The van der Waals surface area contributed by atoms with Crippen LogP contribution in [-0.2, 0) is 16.7 Å². The first kappa shape index (κ1) is 16.5. The molecule has 1 aliphatic rings. The highest BCUT2D eigenvalue weighted by molar-refractivity contribution is 7.87. The summed E-state index contributed by atoms with van der Waals surface area (Å²) in [7, 11) is -3.89. The number of hydrazine groups is 1. The van der Waals surface area contributed by atoms with E-state index in [2.05, 4.69) is 0 Å². The summed E-state index contributed by atoms with van der Waals surface area (Å²) < 4.78 is 30.8. The second-order valence-electron chi connectivity index (χ2n) is 6.11. The first-order valence-electron chi connectivity index (χ1n) is 7.61. The number of hydrogen-bond donors (Lipinski definition) is 1. The zero-order chi connectivity index (χ0) is 17.5. The van der Waals surface area contributed by atoms with Crippen LogP contribution in [-0.4, -0.2) is 13.4 Å². The van der Waals surface area contributed by atoms with Crippen molar-refractivity contribution in [1.29, 1.82) is 0 Å². The minimum atomic E-state index is -3.89. The van der Waals surface area contributed by atoms with Gasteiger partial charge in [0.15, 0.2) is 0 Å². The van der Waals surface area contributed by atoms with Gasteiger partial charge in [-0.25, -0.2) is 5.84 Å². The molecule has 0 bridgehead atoms. The highest BCUT2D eigenvalue weighted by Crippen LogP contribution is 2.28. The Morgan fingerprint density at radius 2 is 1.75 bits per heavy atom. The Hall–Kier alpha value is -2.31. The van der Waals surface area contributed by atoms with Crippen LogP contribution in [0.15, 0.2) is 41.4 Å². The maximum Gasteiger partial charge on any atom is 0.339 e. The van der Waals surface area contributed by atoms with Gasteiger partial charge in [-0.15, -0.1) is 0 Å². The number of fused-ring (bicyclic) bond motifs is 1. The van der Waals surface area contributed by atoms with Crippen LogP contribution in [0.4, 0.5) is 0 Å². The fourth-order valence-electron chi connectivity index (χ4n) is 3.09. The van der Waals surface area contributed by atoms with E-state index in [1.807, 2.05) is 31.2 Å². The molecule has 24 heavy (non-hydrogen) atoms. The molecule has 2 aromatic carbocycles. The number of nitrogens with zero attached hydrogens (tertiary/aromatic N) is 1. The molecule has 0 fully saturated rings. The van der Waals surface area contributed by atoms with E-state index in [4.69, 9.17) is 10.0 Å². The Morgan fingerprint density at radius 3 is 2.42 bits per heavy atom. The van der Waals surface area contributed by atoms with Crippen LogP contribution in [0.1, 0.15) is 27.8 Å². The molecule has 2 N–H and O–H groups in total. The van der Waals surface area contributed by atoms with E-state index in [0.29, 0.717) is 17.7 Å². The summed E-state index contributed by atoms with van der Waals surface area (Å²) in [5, 5.41) is 1.54. The number of rotatable bonds is 3. The Labute approximate surface area is 142 Å². The molecule has 0 aromatic heterocycles. The largest absolute Gasteiger partial charge is 0.379 e. The predicted octanol–water partition coefficient (Wildman–Crippen LogP) is 3.04. The van der Waals surface area contributed by atoms with E-state index >= 15 is 0 Å². The fraction of sp³-hybridized carbons (Fsp3) is 0.222. The van der Waals surface area contributed by atoms with Crippen LogP contribution < -0.4 is 10.0 Å². The molecular weight excluding hydrogens is 324 g/mol. The Kier molecular flexibility index (Phi) is 4.11. The van der Waals surface area contributed by atoms with Crippen LogP contribution in [0.3, 0.4) is 0 Å². The predicted molar refractivity (Wildman–Crippen MR) is 93.7 cm³/mol. The van der Waals surface area contributed by atoms with Crippen molar-refractivity contribution in [3.8, 4) is 5.75 Å². The molecule has 3 rings (SSSR count). The molecule has 0 spiro atoms. The van der Waals surface area contributed by atoms with Gasteiger partial charge < -0.3 is 9.19 Å². The molecule has 0 aliphatic carbocycles. The maximum absolute atomic E-state index is 12.7. The summed E-state index contributed by atoms with van der Waals surface area (Å²) in [5.41, 5.74) is 4.31. The molecule has 2 aromatic rings. The van der Waals surface area contributed by atoms with Gasteiger partial charge in [-0.2, -0.15) is 8.42 Å². The second-order valence-corrected chi connectivity index (χ2v) is 7.60. The third-order valence-electron chi connectivity index (χ3n) is 3.97. The van der Waals surface area contributed by atoms with Crippen molar-refractivity contribution in [1.82, 2.24) is 5.01 Å². The zero-order valence-electron chi connectivity index (χ0n) is 13.9. The lowest BCUT2D eigenvalue weighted by Gasteiger charge is -2.21. The molecule has 126 valence electrons. The van der Waals surface area contributed by atoms with Gasteiger partial charge in [-0.3, -0.25) is 0 Å². The number of nitrogens with two attached hydrogens (primary N) is 1. The van der Waals surface area contributed by atoms with Crippen molar-refractivity contribution in [2.75, 3.05) is 0 Å². The van der Waals surface area contributed by atoms with Gasteiger partial charge in [-0.05, 0) is 61.2 Å². The van der Waals surface area contributed by atoms with E-state index in [-0.39, 0.29) is 10.6 Å². The van der Waals surface area contributed by atoms with Crippen molar-refractivity contribution < 1.29 is 12.6 Å². The summed E-state index contributed by atoms with van der Waals surface area (Å²) >= 11 is 0. The summed E-state index contributed by atoms with van der Waals surface area (Å²) in [6.45, 7) is 6.00. The first-order valence-corrected chi connectivity index (χ1v) is 9.02. The van der Waals surface area contributed by atoms with Gasteiger partial charge in [0.05, 0.1) is 6.54 Å². The zero-order valence-corrected chi connectivity index (χ0v) is 14.7. The van der Waals surface area contributed by atoms with E-state index < -0.39 is 10.1 Å². The van der Waals surface area contributed by atoms with E-state index in [9.17, 15) is 8.42 Å². The van der Waals surface area contributed by atoms with Gasteiger partial charge in [0.2, 0.25) is 0 Å². The van der Waals surface area contributed by atoms with Crippen LogP contribution >= 0.6 is 0 Å². The Balaban J connectivity index is 1.97. The average Bonchev–Trinajstić information content (AvgIpc) is 2.44. The molecule has 1 heterocycles. The molecule has 0 saturated carbocycles. The van der Waals surface area contributed by atoms with Crippen molar-refractivity contribution in [3.63, 3.8) is 0 Å². The molecule has 5 nitrogen and oxygen atoms in total. The minimum Gasteiger partial charge on any atom is -0.379 e. The maximum atomic E-state index is 12.7. The van der Waals surface area contributed by atoms with Crippen LogP contribution in [0.5, 0.6) is 5.75 Å². The van der Waals surface area contributed by atoms with E-state index in [1.165, 1.54) is 5.01 Å². The molecule has 0 unspecified atom stereocenters. The monoisotopic (exact) mass is 344 g/mol. The smallest absolute Gasteiger partial charge is 0.339 e. The lowest BCUT2D eigenvalue weighted by Crippen LogP contribution is -2.26. The van der Waals surface area contributed by atoms with Crippen molar-refractivity contribution in [2.45, 2.75) is 32.2 Å². The highest BCUT2D eigenvalue weighted by atomic mass is 32.2. The highest BCUT2D eigenvalue weighted by Gasteiger charge is 2.23. The van der Waals surface area contributed by atoms with Crippen LogP contribution in [0.2, 0.25) is 0 Å². The summed E-state index contributed by atoms with van der Waals surface area (Å²) in [6, 6.07) is 8.89. The number of benzene rings is 2. The lowest BCUT2D eigenvalue weighted by molar-refractivity contribution is 0.383. The van der Waals surface area contributed by atoms with E-state index in [1.54, 1.807) is 32.2 Å². The molecule has 0 saturated heterocycles. The van der Waals surface area contributed by atoms with E-state index in [0.717, 1.165) is 16.7 Å². The first-order chi connectivity index (χ1) is 11.3. The Morgan fingerprint density at radius 1 is 1.08 bits per heavy atom. The standard InChI is InChI=1S/C18H20N2O3S/c1-12-8-13(2)18(14(3)9-12)24(21,22)23-17-5-4-15-6-7-20(19)11-16(15)10-17/h4-10H,11,19H2,1-3H3. The van der Waals surface area contributed by atoms with Crippen LogP contribution in [0, 0.1) is 20.8 Å². The molecule has 0 amide bonds. The quantitative estimate of drug-likeness (QED) is 0.684. The second kappa shape index (κ2) is 5.96. The van der Waals surface area contributed by atoms with Gasteiger partial charge in [0.25, 0.3) is 0 Å². The summed E-state index contributed by atoms with van der Waals surface area (Å²) in [4.78, 5) is 0.228. The topological polar surface area (TPSA) is 72.6 Å². The summed E-state index contributed by atoms with van der Waals surface area (Å²) in [6.07, 6.45) is 3.66. The van der Waals surface area contributed by atoms with Crippen molar-refractivity contribution in [2.24, 2.45) is 5.84 Å². The van der Waals surface area contributed by atoms with Gasteiger partial charge in [-0.1, -0.05) is 23.8 Å². The average molecular weight is 344 g/mol. The molecule has 0 radical (unpaired) electrons. The van der Waals surface area contributed by atoms with Gasteiger partial charge >= 0.3 is 10.1 Å². The normalized spacial score (nSPS) is 13.8. The lowest BCUT2D eigenvalue weighted by atomic mass is 10.0. The molecule has 1 aliphatic heterocycles. The minimum absolute atomic E-state index is 0.228. The summed E-state index contributed by atoms with van der Waals surface area (Å²) in [5.74, 6) is 6.05. The van der Waals surface area contributed by atoms with Crippen LogP contribution in [0.25, 0.3) is 6.08 Å². The van der Waals surface area contributed by atoms with Crippen molar-refractivity contribution in [3.05, 3.63) is 64.3 Å². The molecule has 6 heteroatoms. The number of aryl methyl sites for hydroxylation is 3. The third-order valence-corrected chi connectivity index (χ3v) is 5.53. The third kappa shape index (κ3) is 3.16.